The van der Waals surface area contributed by atoms with Gasteiger partial charge in [0.25, 0.3) is 0 Å². The lowest BCUT2D eigenvalue weighted by Crippen LogP contribution is -2.42. The van der Waals surface area contributed by atoms with Crippen LogP contribution in [0, 0.1) is 11.3 Å². The molecule has 1 saturated heterocycles. The van der Waals surface area contributed by atoms with Crippen molar-refractivity contribution in [3.05, 3.63) is 64.7 Å². The van der Waals surface area contributed by atoms with Gasteiger partial charge < -0.3 is 0 Å². The number of benzene rings is 2. The Morgan fingerprint density at radius 2 is 2.00 bits per heavy atom. The third-order valence-corrected chi connectivity index (χ3v) is 7.75. The number of hydrogen-bond acceptors (Lipinski definition) is 4. The van der Waals surface area contributed by atoms with Gasteiger partial charge in [0, 0.05) is 31.7 Å². The van der Waals surface area contributed by atoms with Gasteiger partial charge in [-0.1, -0.05) is 48.9 Å². The maximum atomic E-state index is 13.2. The first-order valence-electron chi connectivity index (χ1n) is 9.39. The van der Waals surface area contributed by atoms with Crippen LogP contribution in [0.25, 0.3) is 0 Å². The van der Waals surface area contributed by atoms with E-state index >= 15 is 0 Å². The summed E-state index contributed by atoms with van der Waals surface area (Å²) < 4.78 is 28.0. The van der Waals surface area contributed by atoms with Crippen molar-refractivity contribution in [1.82, 2.24) is 9.21 Å². The molecule has 0 spiro atoms. The van der Waals surface area contributed by atoms with Crippen molar-refractivity contribution in [1.29, 1.82) is 5.26 Å². The van der Waals surface area contributed by atoms with E-state index in [4.69, 9.17) is 16.9 Å². The molecule has 0 aromatic heterocycles. The van der Waals surface area contributed by atoms with Crippen LogP contribution < -0.4 is 0 Å². The monoisotopic (exact) mass is 417 g/mol. The van der Waals surface area contributed by atoms with Crippen molar-refractivity contribution in [2.75, 3.05) is 19.6 Å². The first-order chi connectivity index (χ1) is 13.4. The lowest BCUT2D eigenvalue weighted by molar-refractivity contribution is 0.239. The number of nitrogens with zero attached hydrogens (tertiary/aromatic N) is 3. The zero-order valence-corrected chi connectivity index (χ0v) is 17.6. The first-order valence-corrected chi connectivity index (χ1v) is 11.2. The molecule has 0 bridgehead atoms. The molecule has 1 aliphatic heterocycles. The molecule has 1 fully saturated rings. The van der Waals surface area contributed by atoms with Crippen LogP contribution in [0.4, 0.5) is 0 Å². The van der Waals surface area contributed by atoms with Crippen molar-refractivity contribution in [2.24, 2.45) is 0 Å². The average Bonchev–Trinajstić information content (AvgIpc) is 3.18. The topological polar surface area (TPSA) is 64.4 Å². The molecule has 0 aliphatic carbocycles. The van der Waals surface area contributed by atoms with Gasteiger partial charge in [0.15, 0.2) is 0 Å². The number of nitriles is 1. The van der Waals surface area contributed by atoms with Gasteiger partial charge in [-0.2, -0.15) is 9.57 Å². The molecule has 1 aliphatic rings. The quantitative estimate of drug-likeness (QED) is 0.711. The Kier molecular flexibility index (Phi) is 6.41. The largest absolute Gasteiger partial charge is 0.295 e. The van der Waals surface area contributed by atoms with E-state index in [0.717, 1.165) is 13.0 Å². The number of sulfonamides is 1. The minimum absolute atomic E-state index is 0.0874. The predicted molar refractivity (Wildman–Crippen MR) is 111 cm³/mol. The zero-order valence-electron chi connectivity index (χ0n) is 16.0. The number of halogens is 1. The molecular weight excluding hydrogens is 394 g/mol. The number of likely N-dealkylation sites (N-methyl/N-ethyl adjacent to an activating group) is 1. The van der Waals surface area contributed by atoms with Gasteiger partial charge in [-0.3, -0.25) is 4.90 Å². The Morgan fingerprint density at radius 3 is 2.61 bits per heavy atom. The minimum atomic E-state index is -3.68. The SMILES string of the molecule is CCN(C1CCN(C(C)c2ccccc2)C1)S(=O)(=O)c1ccc(C#N)c(Cl)c1. The number of likely N-dealkylation sites (tertiary alicyclic amines) is 1. The second-order valence-corrected chi connectivity index (χ2v) is 9.28. The van der Waals surface area contributed by atoms with Gasteiger partial charge in [-0.15, -0.1) is 0 Å². The minimum Gasteiger partial charge on any atom is -0.295 e. The Labute approximate surface area is 172 Å². The summed E-state index contributed by atoms with van der Waals surface area (Å²) >= 11 is 6.06. The Morgan fingerprint density at radius 1 is 1.29 bits per heavy atom. The maximum absolute atomic E-state index is 13.2. The molecule has 2 aromatic carbocycles. The van der Waals surface area contributed by atoms with E-state index in [0.29, 0.717) is 13.1 Å². The molecule has 0 radical (unpaired) electrons. The van der Waals surface area contributed by atoms with Crippen LogP contribution in [0.1, 0.15) is 37.4 Å². The Bertz CT molecular complexity index is 973. The molecule has 148 valence electrons. The molecule has 5 nitrogen and oxygen atoms in total. The predicted octanol–water partition coefficient (Wildman–Crippen LogP) is 4.06. The van der Waals surface area contributed by atoms with Crippen molar-refractivity contribution in [2.45, 2.75) is 37.2 Å². The summed E-state index contributed by atoms with van der Waals surface area (Å²) in [4.78, 5) is 2.46. The fourth-order valence-corrected chi connectivity index (χ4v) is 5.77. The summed E-state index contributed by atoms with van der Waals surface area (Å²) in [7, 11) is -3.68. The molecule has 7 heteroatoms. The molecule has 0 amide bonds. The summed E-state index contributed by atoms with van der Waals surface area (Å²) in [5, 5.41) is 9.17. The normalized spacial score (nSPS) is 18.9. The summed E-state index contributed by atoms with van der Waals surface area (Å²) in [6.45, 7) is 5.93. The molecule has 0 saturated carbocycles. The Hall–Kier alpha value is -1.91. The molecular formula is C21H24ClN3O2S. The second-order valence-electron chi connectivity index (χ2n) is 6.99. The fourth-order valence-electron chi connectivity index (χ4n) is 3.80. The molecule has 28 heavy (non-hydrogen) atoms. The molecule has 2 aromatic rings. The average molecular weight is 418 g/mol. The Balaban J connectivity index is 1.80. The lowest BCUT2D eigenvalue weighted by Gasteiger charge is -2.29. The number of rotatable bonds is 6. The van der Waals surface area contributed by atoms with E-state index in [1.807, 2.05) is 31.2 Å². The van der Waals surface area contributed by atoms with E-state index in [-0.39, 0.29) is 27.6 Å². The van der Waals surface area contributed by atoms with Gasteiger partial charge >= 0.3 is 0 Å². The van der Waals surface area contributed by atoms with Crippen LogP contribution in [-0.4, -0.2) is 43.3 Å². The fraction of sp³-hybridized carbons (Fsp3) is 0.381. The van der Waals surface area contributed by atoms with Crippen LogP contribution in [0.15, 0.2) is 53.4 Å². The zero-order chi connectivity index (χ0) is 20.3. The van der Waals surface area contributed by atoms with Crippen molar-refractivity contribution in [3.63, 3.8) is 0 Å². The van der Waals surface area contributed by atoms with Gasteiger partial charge in [-0.05, 0) is 37.1 Å². The van der Waals surface area contributed by atoms with Crippen LogP contribution in [0.5, 0.6) is 0 Å². The second kappa shape index (κ2) is 8.62. The lowest BCUT2D eigenvalue weighted by atomic mass is 10.1. The van der Waals surface area contributed by atoms with Crippen LogP contribution in [-0.2, 0) is 10.0 Å². The van der Waals surface area contributed by atoms with Crippen molar-refractivity contribution in [3.8, 4) is 6.07 Å². The highest BCUT2D eigenvalue weighted by Gasteiger charge is 2.36. The molecule has 1 heterocycles. The van der Waals surface area contributed by atoms with Gasteiger partial charge in [0.2, 0.25) is 10.0 Å². The van der Waals surface area contributed by atoms with E-state index in [2.05, 4.69) is 24.0 Å². The summed E-state index contributed by atoms with van der Waals surface area (Å²) in [5.41, 5.74) is 1.50. The van der Waals surface area contributed by atoms with Gasteiger partial charge in [-0.25, -0.2) is 8.42 Å². The van der Waals surface area contributed by atoms with E-state index in [1.165, 1.54) is 23.8 Å². The maximum Gasteiger partial charge on any atom is 0.243 e. The molecule has 0 N–H and O–H groups in total. The summed E-state index contributed by atoms with van der Waals surface area (Å²) in [6.07, 6.45) is 0.786. The summed E-state index contributed by atoms with van der Waals surface area (Å²) in [6, 6.07) is 16.6. The standard InChI is InChI=1S/C21H24ClN3O2S/c1-3-25(28(26,27)20-10-9-18(14-23)21(22)13-20)19-11-12-24(15-19)16(2)17-7-5-4-6-8-17/h4-10,13,16,19H,3,11-12,15H2,1-2H3. The van der Waals surface area contributed by atoms with Gasteiger partial charge in [0.05, 0.1) is 15.5 Å². The third kappa shape index (κ3) is 4.08. The summed E-state index contributed by atoms with van der Waals surface area (Å²) in [5.74, 6) is 0. The van der Waals surface area contributed by atoms with Gasteiger partial charge in [0.1, 0.15) is 6.07 Å². The van der Waals surface area contributed by atoms with E-state index in [9.17, 15) is 8.42 Å². The van der Waals surface area contributed by atoms with E-state index in [1.54, 1.807) is 4.31 Å². The highest BCUT2D eigenvalue weighted by molar-refractivity contribution is 7.89. The third-order valence-electron chi connectivity index (χ3n) is 5.41. The van der Waals surface area contributed by atoms with Crippen LogP contribution >= 0.6 is 11.6 Å². The van der Waals surface area contributed by atoms with Crippen molar-refractivity contribution >= 4 is 21.6 Å². The van der Waals surface area contributed by atoms with Crippen molar-refractivity contribution < 1.29 is 8.42 Å². The number of hydrogen-bond donors (Lipinski definition) is 0. The van der Waals surface area contributed by atoms with Crippen LogP contribution in [0.2, 0.25) is 5.02 Å². The molecule has 2 atom stereocenters. The first kappa shape index (κ1) is 20.8. The molecule has 2 unspecified atom stereocenters. The van der Waals surface area contributed by atoms with E-state index < -0.39 is 10.0 Å². The highest BCUT2D eigenvalue weighted by Crippen LogP contribution is 2.30. The van der Waals surface area contributed by atoms with Crippen LogP contribution in [0.3, 0.4) is 0 Å². The molecule has 3 rings (SSSR count). The smallest absolute Gasteiger partial charge is 0.243 e. The highest BCUT2D eigenvalue weighted by atomic mass is 35.5.